The number of fused-ring (bicyclic) bond motifs is 1. The van der Waals surface area contributed by atoms with E-state index >= 15 is 0 Å². The smallest absolute Gasteiger partial charge is 0.246 e. The molecule has 3 aromatic rings. The van der Waals surface area contributed by atoms with E-state index in [2.05, 4.69) is 55.7 Å². The Morgan fingerprint density at radius 2 is 2.04 bits per heavy atom. The second-order valence-corrected chi connectivity index (χ2v) is 8.33. The van der Waals surface area contributed by atoms with Gasteiger partial charge >= 0.3 is 0 Å². The highest BCUT2D eigenvalue weighted by molar-refractivity contribution is 7.12. The van der Waals surface area contributed by atoms with E-state index < -0.39 is 0 Å². The molecule has 2 aromatic heterocycles. The minimum absolute atomic E-state index is 0.00765. The molecule has 0 saturated carbocycles. The number of benzene rings is 1. The Bertz CT molecular complexity index is 1020. The summed E-state index contributed by atoms with van der Waals surface area (Å²) in [6.07, 6.45) is 5.18. The van der Waals surface area contributed by atoms with E-state index in [4.69, 9.17) is 0 Å². The highest BCUT2D eigenvalue weighted by Gasteiger charge is 2.31. The zero-order valence-electron chi connectivity index (χ0n) is 15.6. The molecule has 3 heterocycles. The zero-order valence-corrected chi connectivity index (χ0v) is 16.4. The number of amides is 1. The maximum absolute atomic E-state index is 12.4. The van der Waals surface area contributed by atoms with Gasteiger partial charge < -0.3 is 4.90 Å². The number of rotatable bonds is 3. The summed E-state index contributed by atoms with van der Waals surface area (Å²) in [6.45, 7) is 9.27. The van der Waals surface area contributed by atoms with Gasteiger partial charge in [0.1, 0.15) is 0 Å². The lowest BCUT2D eigenvalue weighted by atomic mass is 9.83. The topological polar surface area (TPSA) is 33.2 Å². The highest BCUT2D eigenvalue weighted by Crippen LogP contribution is 2.41. The van der Waals surface area contributed by atoms with E-state index in [1.54, 1.807) is 11.3 Å². The van der Waals surface area contributed by atoms with Gasteiger partial charge in [-0.25, -0.2) is 0 Å². The number of nitrogens with zero attached hydrogens (tertiary/aromatic N) is 2. The van der Waals surface area contributed by atoms with Crippen molar-refractivity contribution in [2.75, 3.05) is 6.54 Å². The van der Waals surface area contributed by atoms with Gasteiger partial charge in [0.2, 0.25) is 5.91 Å². The van der Waals surface area contributed by atoms with Gasteiger partial charge in [0.25, 0.3) is 0 Å². The fourth-order valence-corrected chi connectivity index (χ4v) is 5.03. The van der Waals surface area contributed by atoms with Crippen LogP contribution in [0, 0.1) is 13.8 Å². The first kappa shape index (κ1) is 17.7. The molecule has 1 amide bonds. The first-order valence-electron chi connectivity index (χ1n) is 9.09. The Balaban J connectivity index is 1.87. The second-order valence-electron chi connectivity index (χ2n) is 6.99. The number of carbonyl (C=O) groups excluding carboxylic acids is 1. The number of aryl methyl sites for hydroxylation is 2. The highest BCUT2D eigenvalue weighted by atomic mass is 32.1. The summed E-state index contributed by atoms with van der Waals surface area (Å²) >= 11 is 1.78. The van der Waals surface area contributed by atoms with Crippen LogP contribution >= 0.6 is 11.3 Å². The number of thiophene rings is 1. The molecule has 1 aliphatic heterocycles. The van der Waals surface area contributed by atoms with Gasteiger partial charge in [-0.3, -0.25) is 9.78 Å². The summed E-state index contributed by atoms with van der Waals surface area (Å²) in [4.78, 5) is 21.2. The molecule has 27 heavy (non-hydrogen) atoms. The molecular formula is C23H22N2OS. The molecule has 1 aromatic carbocycles. The lowest BCUT2D eigenvalue weighted by Crippen LogP contribution is -2.37. The Hall–Kier alpha value is -2.72. The van der Waals surface area contributed by atoms with E-state index in [1.165, 1.54) is 38.1 Å². The molecule has 0 radical (unpaired) electrons. The molecule has 0 unspecified atom stereocenters. The van der Waals surface area contributed by atoms with Crippen molar-refractivity contribution in [3.05, 3.63) is 87.9 Å². The minimum Gasteiger partial charge on any atom is -0.333 e. The number of carbonyl (C=O) groups is 1. The Labute approximate surface area is 164 Å². The molecule has 136 valence electrons. The Morgan fingerprint density at radius 3 is 2.81 bits per heavy atom. The van der Waals surface area contributed by atoms with Crippen molar-refractivity contribution in [2.45, 2.75) is 26.3 Å². The maximum Gasteiger partial charge on any atom is 0.246 e. The molecule has 0 bridgehead atoms. The van der Waals surface area contributed by atoms with Gasteiger partial charge in [-0.15, -0.1) is 11.3 Å². The summed E-state index contributed by atoms with van der Waals surface area (Å²) < 4.78 is 0. The lowest BCUT2D eigenvalue weighted by molar-refractivity contribution is -0.127. The number of pyridine rings is 1. The first-order chi connectivity index (χ1) is 13.1. The van der Waals surface area contributed by atoms with Crippen LogP contribution in [-0.4, -0.2) is 22.3 Å². The molecule has 4 rings (SSSR count). The fraction of sp³-hybridized carbons (Fsp3) is 0.217. The largest absolute Gasteiger partial charge is 0.333 e. The van der Waals surface area contributed by atoms with Crippen molar-refractivity contribution in [1.29, 1.82) is 0 Å². The molecule has 3 nitrogen and oxygen atoms in total. The van der Waals surface area contributed by atoms with Crippen LogP contribution in [0.5, 0.6) is 0 Å². The van der Waals surface area contributed by atoms with Crippen LogP contribution in [0.4, 0.5) is 0 Å². The van der Waals surface area contributed by atoms with Crippen LogP contribution in [0.25, 0.3) is 11.1 Å². The van der Waals surface area contributed by atoms with E-state index in [9.17, 15) is 4.79 Å². The van der Waals surface area contributed by atoms with Crippen LogP contribution in [0.3, 0.4) is 0 Å². The van der Waals surface area contributed by atoms with Gasteiger partial charge in [0.05, 0.1) is 6.54 Å². The molecule has 0 N–H and O–H groups in total. The number of aromatic nitrogens is 1. The van der Waals surface area contributed by atoms with Gasteiger partial charge in [-0.2, -0.15) is 0 Å². The van der Waals surface area contributed by atoms with Gasteiger partial charge in [-0.1, -0.05) is 30.8 Å². The molecule has 1 atom stereocenters. The van der Waals surface area contributed by atoms with Crippen LogP contribution in [0.15, 0.2) is 61.4 Å². The van der Waals surface area contributed by atoms with Crippen molar-refractivity contribution >= 4 is 17.2 Å². The van der Waals surface area contributed by atoms with Gasteiger partial charge in [0, 0.05) is 40.2 Å². The Morgan fingerprint density at radius 1 is 1.22 bits per heavy atom. The third kappa shape index (κ3) is 3.21. The minimum atomic E-state index is -0.00765. The number of hydrogen-bond donors (Lipinski definition) is 0. The SMILES string of the molecule is C=CC(=O)N1Cc2sc(C)cc2[C@@H](c2ccccc2-c2cnccc2C)C1. The standard InChI is InChI=1S/C23H22N2OS/c1-4-23(26)25-13-21(19-11-16(3)27-22(19)14-25)18-8-6-5-7-17(18)20-12-24-10-9-15(20)2/h4-12,21H,1,13-14H2,2-3H3/t21-/m1/s1. The average Bonchev–Trinajstić information content (AvgIpc) is 3.07. The van der Waals surface area contributed by atoms with Crippen LogP contribution in [-0.2, 0) is 11.3 Å². The zero-order chi connectivity index (χ0) is 19.0. The van der Waals surface area contributed by atoms with Crippen LogP contribution < -0.4 is 0 Å². The molecular weight excluding hydrogens is 352 g/mol. The maximum atomic E-state index is 12.4. The predicted octanol–water partition coefficient (Wildman–Crippen LogP) is 5.09. The summed E-state index contributed by atoms with van der Waals surface area (Å²) in [5.74, 6) is 0.144. The summed E-state index contributed by atoms with van der Waals surface area (Å²) in [6, 6.07) is 12.8. The van der Waals surface area contributed by atoms with Gasteiger partial charge in [0.15, 0.2) is 0 Å². The van der Waals surface area contributed by atoms with E-state index in [1.807, 2.05) is 23.4 Å². The molecule has 1 aliphatic rings. The fourth-order valence-electron chi connectivity index (χ4n) is 3.91. The second kappa shape index (κ2) is 7.12. The van der Waals surface area contributed by atoms with Crippen LogP contribution in [0.2, 0.25) is 0 Å². The quantitative estimate of drug-likeness (QED) is 0.599. The van der Waals surface area contributed by atoms with E-state index in [0.717, 1.165) is 5.56 Å². The average molecular weight is 375 g/mol. The third-order valence-corrected chi connectivity index (χ3v) is 6.28. The van der Waals surface area contributed by atoms with Crippen molar-refractivity contribution < 1.29 is 4.79 Å². The van der Waals surface area contributed by atoms with Crippen molar-refractivity contribution in [1.82, 2.24) is 9.88 Å². The van der Waals surface area contributed by atoms with Crippen molar-refractivity contribution in [3.63, 3.8) is 0 Å². The number of hydrogen-bond acceptors (Lipinski definition) is 3. The first-order valence-corrected chi connectivity index (χ1v) is 9.90. The lowest BCUT2D eigenvalue weighted by Gasteiger charge is -2.33. The van der Waals surface area contributed by atoms with E-state index in [0.29, 0.717) is 13.1 Å². The molecule has 0 saturated heterocycles. The molecule has 0 fully saturated rings. The normalized spacial score (nSPS) is 16.1. The van der Waals surface area contributed by atoms with Crippen molar-refractivity contribution in [2.24, 2.45) is 0 Å². The molecule has 0 spiro atoms. The Kier molecular flexibility index (Phi) is 4.66. The summed E-state index contributed by atoms with van der Waals surface area (Å²) in [5, 5.41) is 0. The van der Waals surface area contributed by atoms with Gasteiger partial charge in [-0.05, 0) is 54.3 Å². The molecule has 4 heteroatoms. The van der Waals surface area contributed by atoms with Crippen molar-refractivity contribution in [3.8, 4) is 11.1 Å². The molecule has 0 aliphatic carbocycles. The summed E-state index contributed by atoms with van der Waals surface area (Å²) in [7, 11) is 0. The van der Waals surface area contributed by atoms with E-state index in [-0.39, 0.29) is 11.8 Å². The summed E-state index contributed by atoms with van der Waals surface area (Å²) in [5.41, 5.74) is 6.13. The van der Waals surface area contributed by atoms with Crippen LogP contribution in [0.1, 0.15) is 32.4 Å². The predicted molar refractivity (Wildman–Crippen MR) is 111 cm³/mol. The third-order valence-electron chi connectivity index (χ3n) is 5.23. The monoisotopic (exact) mass is 374 g/mol.